The first kappa shape index (κ1) is 14.4. The standard InChI is InChI=1S/C15H22N4O/c1-11(20)18-13-5-3-12(4-6-13)9-10-17-15(16-2)19-14-7-8-14/h3-6,14H,7-10H2,1-2H3,(H,18,20)(H2,16,17,19). The summed E-state index contributed by atoms with van der Waals surface area (Å²) in [5, 5.41) is 9.41. The van der Waals surface area contributed by atoms with E-state index >= 15 is 0 Å². The van der Waals surface area contributed by atoms with Gasteiger partial charge in [-0.15, -0.1) is 0 Å². The number of amides is 1. The molecular weight excluding hydrogens is 252 g/mol. The fourth-order valence-corrected chi connectivity index (χ4v) is 1.90. The van der Waals surface area contributed by atoms with E-state index in [9.17, 15) is 4.79 Å². The summed E-state index contributed by atoms with van der Waals surface area (Å²) in [6, 6.07) is 8.52. The van der Waals surface area contributed by atoms with Crippen molar-refractivity contribution < 1.29 is 4.79 Å². The second-order valence-electron chi connectivity index (χ2n) is 5.05. The second-order valence-corrected chi connectivity index (χ2v) is 5.05. The van der Waals surface area contributed by atoms with Gasteiger partial charge in [-0.05, 0) is 37.0 Å². The molecule has 1 aliphatic carbocycles. The summed E-state index contributed by atoms with van der Waals surface area (Å²) in [6.45, 7) is 2.35. The maximum atomic E-state index is 10.9. The highest BCUT2D eigenvalue weighted by Crippen LogP contribution is 2.18. The van der Waals surface area contributed by atoms with Crippen molar-refractivity contribution in [3.8, 4) is 0 Å². The highest BCUT2D eigenvalue weighted by atomic mass is 16.1. The van der Waals surface area contributed by atoms with Gasteiger partial charge in [0.2, 0.25) is 5.91 Å². The van der Waals surface area contributed by atoms with Crippen LogP contribution in [-0.2, 0) is 11.2 Å². The van der Waals surface area contributed by atoms with Crippen molar-refractivity contribution in [2.45, 2.75) is 32.2 Å². The van der Waals surface area contributed by atoms with Crippen LogP contribution in [0.3, 0.4) is 0 Å². The summed E-state index contributed by atoms with van der Waals surface area (Å²) in [5.74, 6) is 0.830. The third-order valence-corrected chi connectivity index (χ3v) is 3.12. The van der Waals surface area contributed by atoms with Crippen LogP contribution in [0.2, 0.25) is 0 Å². The zero-order valence-electron chi connectivity index (χ0n) is 12.1. The lowest BCUT2D eigenvalue weighted by atomic mass is 10.1. The Balaban J connectivity index is 1.74. The van der Waals surface area contributed by atoms with Crippen LogP contribution in [0.1, 0.15) is 25.3 Å². The average Bonchev–Trinajstić information content (AvgIpc) is 3.23. The molecule has 1 aliphatic rings. The molecule has 2 rings (SSSR count). The molecule has 0 aliphatic heterocycles. The van der Waals surface area contributed by atoms with Crippen molar-refractivity contribution in [2.24, 2.45) is 4.99 Å². The summed E-state index contributed by atoms with van der Waals surface area (Å²) in [5.41, 5.74) is 2.06. The SMILES string of the molecule is CN=C(NCCc1ccc(NC(C)=O)cc1)NC1CC1. The number of guanidine groups is 1. The topological polar surface area (TPSA) is 65.5 Å². The van der Waals surface area contributed by atoms with Crippen LogP contribution in [0.15, 0.2) is 29.3 Å². The molecule has 5 nitrogen and oxygen atoms in total. The van der Waals surface area contributed by atoms with Gasteiger partial charge in [-0.3, -0.25) is 9.79 Å². The number of aliphatic imine (C=N–C) groups is 1. The number of hydrogen-bond acceptors (Lipinski definition) is 2. The summed E-state index contributed by atoms with van der Waals surface area (Å²) in [7, 11) is 1.79. The Morgan fingerprint density at radius 3 is 2.55 bits per heavy atom. The van der Waals surface area contributed by atoms with Crippen molar-refractivity contribution in [1.29, 1.82) is 0 Å². The Labute approximate surface area is 119 Å². The Morgan fingerprint density at radius 1 is 1.30 bits per heavy atom. The molecule has 108 valence electrons. The van der Waals surface area contributed by atoms with Gasteiger partial charge < -0.3 is 16.0 Å². The number of nitrogens with one attached hydrogen (secondary N) is 3. The minimum absolute atomic E-state index is 0.0469. The first-order valence-corrected chi connectivity index (χ1v) is 7.01. The highest BCUT2D eigenvalue weighted by molar-refractivity contribution is 5.88. The number of hydrogen-bond donors (Lipinski definition) is 3. The van der Waals surface area contributed by atoms with Gasteiger partial charge in [0.15, 0.2) is 5.96 Å². The summed E-state index contributed by atoms with van der Waals surface area (Å²) >= 11 is 0. The first-order chi connectivity index (χ1) is 9.67. The maximum absolute atomic E-state index is 10.9. The number of rotatable bonds is 5. The third-order valence-electron chi connectivity index (χ3n) is 3.12. The molecule has 0 heterocycles. The fourth-order valence-electron chi connectivity index (χ4n) is 1.90. The quantitative estimate of drug-likeness (QED) is 0.563. The highest BCUT2D eigenvalue weighted by Gasteiger charge is 2.21. The van der Waals surface area contributed by atoms with Crippen LogP contribution >= 0.6 is 0 Å². The van der Waals surface area contributed by atoms with Gasteiger partial charge in [0.05, 0.1) is 0 Å². The minimum atomic E-state index is -0.0469. The van der Waals surface area contributed by atoms with Gasteiger partial charge in [-0.25, -0.2) is 0 Å². The molecule has 1 fully saturated rings. The molecule has 0 spiro atoms. The summed E-state index contributed by atoms with van der Waals surface area (Å²) in [4.78, 5) is 15.1. The third kappa shape index (κ3) is 4.91. The van der Waals surface area contributed by atoms with Crippen LogP contribution in [0.5, 0.6) is 0 Å². The number of anilines is 1. The predicted molar refractivity (Wildman–Crippen MR) is 82.0 cm³/mol. The van der Waals surface area contributed by atoms with Crippen LogP contribution < -0.4 is 16.0 Å². The molecular formula is C15H22N4O. The van der Waals surface area contributed by atoms with E-state index in [1.807, 2.05) is 24.3 Å². The van der Waals surface area contributed by atoms with E-state index < -0.39 is 0 Å². The van der Waals surface area contributed by atoms with Crippen LogP contribution in [0, 0.1) is 0 Å². The minimum Gasteiger partial charge on any atom is -0.356 e. The monoisotopic (exact) mass is 274 g/mol. The number of carbonyl (C=O) groups excluding carboxylic acids is 1. The zero-order valence-corrected chi connectivity index (χ0v) is 12.1. The van der Waals surface area contributed by atoms with Crippen molar-refractivity contribution in [3.05, 3.63) is 29.8 Å². The van der Waals surface area contributed by atoms with Crippen molar-refractivity contribution >= 4 is 17.6 Å². The van der Waals surface area contributed by atoms with Crippen molar-refractivity contribution in [2.75, 3.05) is 18.9 Å². The Morgan fingerprint density at radius 2 is 2.00 bits per heavy atom. The van der Waals surface area contributed by atoms with E-state index in [1.54, 1.807) is 7.05 Å². The molecule has 0 bridgehead atoms. The molecule has 20 heavy (non-hydrogen) atoms. The summed E-state index contributed by atoms with van der Waals surface area (Å²) in [6.07, 6.45) is 3.41. The molecule has 1 aromatic carbocycles. The van der Waals surface area contributed by atoms with Crippen LogP contribution in [0.4, 0.5) is 5.69 Å². The zero-order chi connectivity index (χ0) is 14.4. The van der Waals surface area contributed by atoms with E-state index in [0.29, 0.717) is 6.04 Å². The van der Waals surface area contributed by atoms with E-state index in [4.69, 9.17) is 0 Å². The van der Waals surface area contributed by atoms with E-state index in [0.717, 1.165) is 24.6 Å². The van der Waals surface area contributed by atoms with E-state index in [-0.39, 0.29) is 5.91 Å². The molecule has 0 atom stereocenters. The number of carbonyl (C=O) groups is 1. The molecule has 5 heteroatoms. The summed E-state index contributed by atoms with van der Waals surface area (Å²) < 4.78 is 0. The second kappa shape index (κ2) is 6.93. The van der Waals surface area contributed by atoms with Gasteiger partial charge in [-0.1, -0.05) is 12.1 Å². The van der Waals surface area contributed by atoms with Crippen LogP contribution in [-0.4, -0.2) is 31.5 Å². The molecule has 0 unspecified atom stereocenters. The maximum Gasteiger partial charge on any atom is 0.221 e. The first-order valence-electron chi connectivity index (χ1n) is 7.01. The van der Waals surface area contributed by atoms with E-state index in [1.165, 1.54) is 25.3 Å². The smallest absolute Gasteiger partial charge is 0.221 e. The predicted octanol–water partition coefficient (Wildman–Crippen LogP) is 1.51. The molecule has 3 N–H and O–H groups in total. The Hall–Kier alpha value is -2.04. The van der Waals surface area contributed by atoms with Gasteiger partial charge >= 0.3 is 0 Å². The average molecular weight is 274 g/mol. The van der Waals surface area contributed by atoms with E-state index in [2.05, 4.69) is 20.9 Å². The lowest BCUT2D eigenvalue weighted by Gasteiger charge is -2.11. The van der Waals surface area contributed by atoms with Crippen molar-refractivity contribution in [3.63, 3.8) is 0 Å². The van der Waals surface area contributed by atoms with Gasteiger partial charge in [0.25, 0.3) is 0 Å². The fraction of sp³-hybridized carbons (Fsp3) is 0.467. The lowest BCUT2D eigenvalue weighted by Crippen LogP contribution is -2.39. The molecule has 1 amide bonds. The largest absolute Gasteiger partial charge is 0.356 e. The number of benzene rings is 1. The molecule has 0 saturated heterocycles. The lowest BCUT2D eigenvalue weighted by molar-refractivity contribution is -0.114. The normalized spacial score (nSPS) is 14.8. The Kier molecular flexibility index (Phi) is 4.98. The molecule has 0 radical (unpaired) electrons. The van der Waals surface area contributed by atoms with Gasteiger partial charge in [0, 0.05) is 32.2 Å². The molecule has 1 aromatic rings. The Bertz CT molecular complexity index is 477. The van der Waals surface area contributed by atoms with Crippen LogP contribution in [0.25, 0.3) is 0 Å². The van der Waals surface area contributed by atoms with Gasteiger partial charge in [-0.2, -0.15) is 0 Å². The van der Waals surface area contributed by atoms with Crippen molar-refractivity contribution in [1.82, 2.24) is 10.6 Å². The van der Waals surface area contributed by atoms with Gasteiger partial charge in [0.1, 0.15) is 0 Å². The number of nitrogens with zero attached hydrogens (tertiary/aromatic N) is 1. The molecule has 0 aromatic heterocycles. The molecule has 1 saturated carbocycles.